The molecular weight excluding hydrogens is 334 g/mol. The number of benzene rings is 2. The van der Waals surface area contributed by atoms with E-state index >= 15 is 0 Å². The maximum absolute atomic E-state index is 12.1. The first-order valence-corrected chi connectivity index (χ1v) is 9.46. The number of hydrazone groups is 1. The molecule has 6 heteroatoms. The Hall–Kier alpha value is -2.60. The zero-order chi connectivity index (χ0) is 18.1. The lowest BCUT2D eigenvalue weighted by Gasteiger charge is -2.23. The van der Waals surface area contributed by atoms with Gasteiger partial charge in [-0.25, -0.2) is 4.83 Å². The minimum Gasteiger partial charge on any atom is -0.347 e. The number of rotatable bonds is 4. The molecule has 2 aromatic rings. The van der Waals surface area contributed by atoms with Gasteiger partial charge in [-0.15, -0.1) is 0 Å². The minimum atomic E-state index is -3.64. The minimum absolute atomic E-state index is 0.171. The molecule has 130 valence electrons. The average molecular weight is 355 g/mol. The molecule has 0 aliphatic carbocycles. The second kappa shape index (κ2) is 6.37. The Labute approximate surface area is 148 Å². The fourth-order valence-corrected chi connectivity index (χ4v) is 3.98. The molecule has 1 heterocycles. The number of anilines is 1. The molecule has 0 saturated carbocycles. The molecule has 2 aromatic carbocycles. The van der Waals surface area contributed by atoms with Crippen molar-refractivity contribution < 1.29 is 8.42 Å². The number of nitrogens with zero attached hydrogens (tertiary/aromatic N) is 2. The van der Waals surface area contributed by atoms with Crippen molar-refractivity contribution >= 4 is 21.9 Å². The molecule has 1 aliphatic heterocycles. The molecule has 0 saturated heterocycles. The lowest BCUT2D eigenvalue weighted by Crippen LogP contribution is -2.23. The number of hydrogen-bond donors (Lipinski definition) is 1. The van der Waals surface area contributed by atoms with Crippen molar-refractivity contribution in [1.29, 1.82) is 0 Å². The molecule has 1 aliphatic rings. The fourth-order valence-electron chi connectivity index (χ4n) is 3.16. The number of nitrogens with one attached hydrogen (secondary N) is 1. The van der Waals surface area contributed by atoms with Crippen LogP contribution in [0.15, 0.2) is 76.4 Å². The normalized spacial score (nSPS) is 17.9. The van der Waals surface area contributed by atoms with Gasteiger partial charge in [-0.1, -0.05) is 50.2 Å². The third kappa shape index (κ3) is 3.17. The predicted molar refractivity (Wildman–Crippen MR) is 101 cm³/mol. The standard InChI is InChI=1S/C19H21N3O2S/c1-19(2)16-11-7-8-12-17(16)22(3)18(19)13-14-20-21-25(23,24)15-9-5-4-6-10-15/h4-14,21H,1-3H3/b18-13-,20-14+. The van der Waals surface area contributed by atoms with Crippen LogP contribution in [-0.4, -0.2) is 21.7 Å². The Morgan fingerprint density at radius 2 is 1.68 bits per heavy atom. The van der Waals surface area contributed by atoms with E-state index in [0.717, 1.165) is 11.4 Å². The second-order valence-corrected chi connectivity index (χ2v) is 8.10. The van der Waals surface area contributed by atoms with E-state index in [1.807, 2.05) is 25.3 Å². The van der Waals surface area contributed by atoms with Gasteiger partial charge in [-0.3, -0.25) is 0 Å². The van der Waals surface area contributed by atoms with Gasteiger partial charge in [-0.2, -0.15) is 13.5 Å². The summed E-state index contributed by atoms with van der Waals surface area (Å²) in [6.07, 6.45) is 3.33. The van der Waals surface area contributed by atoms with Crippen LogP contribution in [0.2, 0.25) is 0 Å². The van der Waals surface area contributed by atoms with E-state index in [1.54, 1.807) is 18.2 Å². The summed E-state index contributed by atoms with van der Waals surface area (Å²) in [5.41, 5.74) is 3.27. The first-order chi connectivity index (χ1) is 11.8. The summed E-state index contributed by atoms with van der Waals surface area (Å²) in [5.74, 6) is 0. The number of hydrogen-bond acceptors (Lipinski definition) is 4. The van der Waals surface area contributed by atoms with E-state index in [4.69, 9.17) is 0 Å². The van der Waals surface area contributed by atoms with Crippen molar-refractivity contribution in [2.45, 2.75) is 24.2 Å². The van der Waals surface area contributed by atoms with E-state index in [9.17, 15) is 8.42 Å². The van der Waals surface area contributed by atoms with Gasteiger partial charge in [0.2, 0.25) is 0 Å². The summed E-state index contributed by atoms with van der Waals surface area (Å²) in [5, 5.41) is 3.88. The number of para-hydroxylation sites is 1. The molecule has 3 rings (SSSR count). The van der Waals surface area contributed by atoms with Gasteiger partial charge >= 0.3 is 0 Å². The Morgan fingerprint density at radius 3 is 2.36 bits per heavy atom. The van der Waals surface area contributed by atoms with E-state index in [1.165, 1.54) is 23.9 Å². The fraction of sp³-hybridized carbons (Fsp3) is 0.211. The highest BCUT2D eigenvalue weighted by Crippen LogP contribution is 2.46. The van der Waals surface area contributed by atoms with Crippen LogP contribution in [0.4, 0.5) is 5.69 Å². The van der Waals surface area contributed by atoms with Crippen LogP contribution in [0, 0.1) is 0 Å². The van der Waals surface area contributed by atoms with Crippen molar-refractivity contribution in [1.82, 2.24) is 4.83 Å². The quantitative estimate of drug-likeness (QED) is 0.676. The van der Waals surface area contributed by atoms with Gasteiger partial charge in [0.15, 0.2) is 0 Å². The molecule has 0 unspecified atom stereocenters. The molecule has 0 bridgehead atoms. The molecule has 0 fully saturated rings. The van der Waals surface area contributed by atoms with Gasteiger partial charge in [0.05, 0.1) is 4.90 Å². The maximum atomic E-state index is 12.1. The Morgan fingerprint density at radius 1 is 1.04 bits per heavy atom. The van der Waals surface area contributed by atoms with Crippen LogP contribution in [-0.2, 0) is 15.4 Å². The summed E-state index contributed by atoms with van der Waals surface area (Å²) in [4.78, 5) is 4.53. The van der Waals surface area contributed by atoms with E-state index in [0.29, 0.717) is 0 Å². The monoisotopic (exact) mass is 355 g/mol. The zero-order valence-electron chi connectivity index (χ0n) is 14.5. The van der Waals surface area contributed by atoms with Crippen molar-refractivity contribution in [3.63, 3.8) is 0 Å². The number of fused-ring (bicyclic) bond motifs is 1. The molecular formula is C19H21N3O2S. The van der Waals surface area contributed by atoms with Gasteiger partial charge in [-0.05, 0) is 29.8 Å². The highest BCUT2D eigenvalue weighted by Gasteiger charge is 2.37. The number of likely N-dealkylation sites (N-methyl/N-ethyl adjacent to an activating group) is 1. The predicted octanol–water partition coefficient (Wildman–Crippen LogP) is 3.26. The summed E-state index contributed by atoms with van der Waals surface area (Å²) in [7, 11) is -1.64. The largest absolute Gasteiger partial charge is 0.347 e. The molecule has 0 radical (unpaired) electrons. The topological polar surface area (TPSA) is 61.8 Å². The summed E-state index contributed by atoms with van der Waals surface area (Å²) in [6.45, 7) is 4.28. The van der Waals surface area contributed by atoms with Gasteiger partial charge in [0.25, 0.3) is 10.0 Å². The van der Waals surface area contributed by atoms with Crippen LogP contribution in [0.25, 0.3) is 0 Å². The second-order valence-electron chi connectivity index (χ2n) is 6.44. The maximum Gasteiger partial charge on any atom is 0.276 e. The van der Waals surface area contributed by atoms with E-state index in [-0.39, 0.29) is 10.3 Å². The van der Waals surface area contributed by atoms with Crippen molar-refractivity contribution in [3.8, 4) is 0 Å². The summed E-state index contributed by atoms with van der Waals surface area (Å²) < 4.78 is 24.3. The molecule has 5 nitrogen and oxygen atoms in total. The third-order valence-electron chi connectivity index (χ3n) is 4.47. The number of allylic oxidation sites excluding steroid dienone is 2. The summed E-state index contributed by atoms with van der Waals surface area (Å²) >= 11 is 0. The molecule has 1 N–H and O–H groups in total. The van der Waals surface area contributed by atoms with Crippen LogP contribution < -0.4 is 9.73 Å². The highest BCUT2D eigenvalue weighted by molar-refractivity contribution is 7.89. The molecule has 25 heavy (non-hydrogen) atoms. The average Bonchev–Trinajstić information content (AvgIpc) is 2.80. The zero-order valence-corrected chi connectivity index (χ0v) is 15.3. The lowest BCUT2D eigenvalue weighted by molar-refractivity contribution is 0.584. The smallest absolute Gasteiger partial charge is 0.276 e. The van der Waals surface area contributed by atoms with Crippen molar-refractivity contribution in [3.05, 3.63) is 71.9 Å². The van der Waals surface area contributed by atoms with Gasteiger partial charge in [0.1, 0.15) is 0 Å². The van der Waals surface area contributed by atoms with Gasteiger partial charge in [0, 0.05) is 30.1 Å². The van der Waals surface area contributed by atoms with Gasteiger partial charge < -0.3 is 4.90 Å². The SMILES string of the molecule is CN1/C(=C\C=N\NS(=O)(=O)c2ccccc2)C(C)(C)c2ccccc21. The molecule has 0 atom stereocenters. The molecule has 0 amide bonds. The highest BCUT2D eigenvalue weighted by atomic mass is 32.2. The Bertz CT molecular complexity index is 932. The number of sulfonamides is 1. The van der Waals surface area contributed by atoms with Crippen LogP contribution >= 0.6 is 0 Å². The van der Waals surface area contributed by atoms with E-state index < -0.39 is 10.0 Å². The third-order valence-corrected chi connectivity index (χ3v) is 5.71. The molecule has 0 spiro atoms. The lowest BCUT2D eigenvalue weighted by atomic mass is 9.84. The first-order valence-electron chi connectivity index (χ1n) is 7.98. The Kier molecular flexibility index (Phi) is 4.39. The Balaban J connectivity index is 1.80. The van der Waals surface area contributed by atoms with Crippen molar-refractivity contribution in [2.24, 2.45) is 5.10 Å². The summed E-state index contributed by atoms with van der Waals surface area (Å²) in [6, 6.07) is 16.4. The van der Waals surface area contributed by atoms with Crippen LogP contribution in [0.1, 0.15) is 19.4 Å². The van der Waals surface area contributed by atoms with Crippen LogP contribution in [0.5, 0.6) is 0 Å². The van der Waals surface area contributed by atoms with Crippen LogP contribution in [0.3, 0.4) is 0 Å². The first kappa shape index (κ1) is 17.2. The molecule has 0 aromatic heterocycles. The van der Waals surface area contributed by atoms with E-state index in [2.05, 4.69) is 40.8 Å². The van der Waals surface area contributed by atoms with Crippen molar-refractivity contribution in [2.75, 3.05) is 11.9 Å².